The van der Waals surface area contributed by atoms with Gasteiger partial charge < -0.3 is 20.1 Å². The Morgan fingerprint density at radius 2 is 1.90 bits per heavy atom. The fraction of sp³-hybridized carbons (Fsp3) is 0.846. The van der Waals surface area contributed by atoms with E-state index in [2.05, 4.69) is 5.32 Å². The molecule has 0 aromatic heterocycles. The van der Waals surface area contributed by atoms with Gasteiger partial charge in [0.2, 0.25) is 6.43 Å². The largest absolute Gasteiger partial charge is 0.479 e. The van der Waals surface area contributed by atoms with Gasteiger partial charge in [0, 0.05) is 18.5 Å². The molecule has 1 heterocycles. The molecule has 6 nitrogen and oxygen atoms in total. The number of hydrogen-bond acceptors (Lipinski definition) is 3. The monoisotopic (exact) mass is 306 g/mol. The summed E-state index contributed by atoms with van der Waals surface area (Å²) in [6.45, 7) is 0.526. The summed E-state index contributed by atoms with van der Waals surface area (Å²) >= 11 is 0. The first-order valence-corrected chi connectivity index (χ1v) is 7.15. The van der Waals surface area contributed by atoms with Gasteiger partial charge in [-0.1, -0.05) is 0 Å². The second-order valence-electron chi connectivity index (χ2n) is 5.54. The Morgan fingerprint density at radius 3 is 2.48 bits per heavy atom. The number of halogens is 2. The SMILES string of the molecule is O=C(O)C1CN(C(=O)NC2CCC(C(F)F)CC2)CCO1. The van der Waals surface area contributed by atoms with E-state index in [0.29, 0.717) is 32.2 Å². The van der Waals surface area contributed by atoms with Gasteiger partial charge in [0.25, 0.3) is 0 Å². The number of nitrogens with one attached hydrogen (secondary N) is 1. The number of hydrogen-bond donors (Lipinski definition) is 2. The van der Waals surface area contributed by atoms with E-state index in [1.165, 1.54) is 4.90 Å². The summed E-state index contributed by atoms with van der Waals surface area (Å²) < 4.78 is 30.2. The summed E-state index contributed by atoms with van der Waals surface area (Å²) in [5.74, 6) is -1.66. The Morgan fingerprint density at radius 1 is 1.24 bits per heavy atom. The minimum Gasteiger partial charge on any atom is -0.479 e. The molecule has 1 unspecified atom stereocenters. The van der Waals surface area contributed by atoms with Gasteiger partial charge in [0.15, 0.2) is 6.10 Å². The number of carbonyl (C=O) groups is 2. The summed E-state index contributed by atoms with van der Waals surface area (Å²) in [6.07, 6.45) is -1.41. The zero-order chi connectivity index (χ0) is 15.4. The zero-order valence-corrected chi connectivity index (χ0v) is 11.6. The molecule has 0 bridgehead atoms. The molecule has 1 saturated carbocycles. The lowest BCUT2D eigenvalue weighted by Gasteiger charge is -2.34. The van der Waals surface area contributed by atoms with E-state index in [1.807, 2.05) is 0 Å². The number of amides is 2. The number of rotatable bonds is 3. The number of nitrogens with zero attached hydrogens (tertiary/aromatic N) is 1. The Bertz CT molecular complexity index is 386. The highest BCUT2D eigenvalue weighted by Crippen LogP contribution is 2.29. The molecule has 1 atom stereocenters. The normalized spacial score (nSPS) is 30.2. The van der Waals surface area contributed by atoms with Crippen molar-refractivity contribution < 1.29 is 28.2 Å². The number of carbonyl (C=O) groups excluding carboxylic acids is 1. The van der Waals surface area contributed by atoms with Gasteiger partial charge in [-0.05, 0) is 25.7 Å². The second-order valence-corrected chi connectivity index (χ2v) is 5.54. The predicted molar refractivity (Wildman–Crippen MR) is 69.2 cm³/mol. The lowest BCUT2D eigenvalue weighted by molar-refractivity contribution is -0.154. The quantitative estimate of drug-likeness (QED) is 0.824. The third-order valence-corrected chi connectivity index (χ3v) is 4.08. The van der Waals surface area contributed by atoms with Gasteiger partial charge in [-0.3, -0.25) is 0 Å². The van der Waals surface area contributed by atoms with Crippen LogP contribution >= 0.6 is 0 Å². The minimum absolute atomic E-state index is 0.00749. The smallest absolute Gasteiger partial charge is 0.334 e. The van der Waals surface area contributed by atoms with Crippen LogP contribution in [0.15, 0.2) is 0 Å². The predicted octanol–water partition coefficient (Wildman–Crippen LogP) is 1.31. The Balaban J connectivity index is 1.78. The highest BCUT2D eigenvalue weighted by Gasteiger charge is 2.32. The van der Waals surface area contributed by atoms with Gasteiger partial charge in [0.05, 0.1) is 13.2 Å². The van der Waals surface area contributed by atoms with Gasteiger partial charge in [0.1, 0.15) is 0 Å². The molecule has 1 saturated heterocycles. The lowest BCUT2D eigenvalue weighted by Crippen LogP contribution is -2.53. The number of carboxylic acid groups (broad SMARTS) is 1. The van der Waals surface area contributed by atoms with Crippen molar-refractivity contribution in [1.29, 1.82) is 0 Å². The first kappa shape index (κ1) is 15.9. The molecule has 21 heavy (non-hydrogen) atoms. The number of aliphatic carboxylic acids is 1. The molecule has 120 valence electrons. The second kappa shape index (κ2) is 7.02. The number of alkyl halides is 2. The van der Waals surface area contributed by atoms with Gasteiger partial charge in [-0.25, -0.2) is 18.4 Å². The average Bonchev–Trinajstić information content (AvgIpc) is 2.48. The van der Waals surface area contributed by atoms with Crippen molar-refractivity contribution in [1.82, 2.24) is 10.2 Å². The van der Waals surface area contributed by atoms with Crippen LogP contribution in [0.5, 0.6) is 0 Å². The summed E-state index contributed by atoms with van der Waals surface area (Å²) in [5.41, 5.74) is 0. The fourth-order valence-electron chi connectivity index (χ4n) is 2.76. The maximum Gasteiger partial charge on any atom is 0.334 e. The van der Waals surface area contributed by atoms with Gasteiger partial charge in [-0.15, -0.1) is 0 Å². The van der Waals surface area contributed by atoms with Gasteiger partial charge >= 0.3 is 12.0 Å². The standard InChI is InChI=1S/C13H20F2N2O4/c14-11(15)8-1-3-9(4-2-8)16-13(20)17-5-6-21-10(7-17)12(18)19/h8-11H,1-7H2,(H,16,20)(H,18,19). The Kier molecular flexibility index (Phi) is 5.33. The number of morpholine rings is 1. The molecule has 0 spiro atoms. The van der Waals surface area contributed by atoms with E-state index < -0.39 is 24.4 Å². The molecule has 8 heteroatoms. The third-order valence-electron chi connectivity index (χ3n) is 4.08. The summed E-state index contributed by atoms with van der Waals surface area (Å²) in [5, 5.41) is 11.7. The Labute approximate surface area is 121 Å². The molecular formula is C13H20F2N2O4. The molecule has 2 aliphatic rings. The minimum atomic E-state index is -2.29. The van der Waals surface area contributed by atoms with Crippen LogP contribution in [0.3, 0.4) is 0 Å². The van der Waals surface area contributed by atoms with Crippen LogP contribution in [0.1, 0.15) is 25.7 Å². The van der Waals surface area contributed by atoms with E-state index in [4.69, 9.17) is 9.84 Å². The molecule has 0 aromatic carbocycles. The van der Waals surface area contributed by atoms with E-state index in [-0.39, 0.29) is 25.2 Å². The van der Waals surface area contributed by atoms with Crippen molar-refractivity contribution in [3.63, 3.8) is 0 Å². The van der Waals surface area contributed by atoms with E-state index in [1.54, 1.807) is 0 Å². The first-order valence-electron chi connectivity index (χ1n) is 7.15. The van der Waals surface area contributed by atoms with Crippen LogP contribution in [0, 0.1) is 5.92 Å². The summed E-state index contributed by atoms with van der Waals surface area (Å²) in [6, 6.07) is -0.455. The van der Waals surface area contributed by atoms with Crippen LogP contribution in [0.2, 0.25) is 0 Å². The topological polar surface area (TPSA) is 78.9 Å². The molecule has 1 aliphatic heterocycles. The third kappa shape index (κ3) is 4.26. The lowest BCUT2D eigenvalue weighted by atomic mass is 9.86. The van der Waals surface area contributed by atoms with Crippen molar-refractivity contribution in [2.24, 2.45) is 5.92 Å². The zero-order valence-electron chi connectivity index (χ0n) is 11.6. The van der Waals surface area contributed by atoms with E-state index in [9.17, 15) is 18.4 Å². The van der Waals surface area contributed by atoms with Crippen molar-refractivity contribution in [2.75, 3.05) is 19.7 Å². The highest BCUT2D eigenvalue weighted by molar-refractivity contribution is 5.77. The summed E-state index contributed by atoms with van der Waals surface area (Å²) in [4.78, 5) is 24.3. The average molecular weight is 306 g/mol. The first-order chi connectivity index (χ1) is 9.97. The molecule has 1 aliphatic carbocycles. The number of urea groups is 1. The van der Waals surface area contributed by atoms with E-state index >= 15 is 0 Å². The van der Waals surface area contributed by atoms with Crippen LogP contribution in [-0.4, -0.2) is 60.3 Å². The maximum atomic E-state index is 12.6. The molecule has 0 radical (unpaired) electrons. The van der Waals surface area contributed by atoms with Crippen molar-refractivity contribution in [2.45, 2.75) is 44.3 Å². The number of ether oxygens (including phenoxy) is 1. The summed E-state index contributed by atoms with van der Waals surface area (Å²) in [7, 11) is 0. The molecule has 2 N–H and O–H groups in total. The molecule has 2 rings (SSSR count). The van der Waals surface area contributed by atoms with Crippen LogP contribution in [0.25, 0.3) is 0 Å². The van der Waals surface area contributed by atoms with Crippen molar-refractivity contribution in [3.8, 4) is 0 Å². The highest BCUT2D eigenvalue weighted by atomic mass is 19.3. The van der Waals surface area contributed by atoms with Crippen LogP contribution in [-0.2, 0) is 9.53 Å². The maximum absolute atomic E-state index is 12.6. The van der Waals surface area contributed by atoms with Crippen LogP contribution < -0.4 is 5.32 Å². The van der Waals surface area contributed by atoms with Crippen LogP contribution in [0.4, 0.5) is 13.6 Å². The molecule has 2 fully saturated rings. The molecular weight excluding hydrogens is 286 g/mol. The molecule has 0 aromatic rings. The number of carboxylic acids is 1. The Hall–Kier alpha value is -1.44. The van der Waals surface area contributed by atoms with Crippen molar-refractivity contribution >= 4 is 12.0 Å². The fourth-order valence-corrected chi connectivity index (χ4v) is 2.76. The van der Waals surface area contributed by atoms with Crippen molar-refractivity contribution in [3.05, 3.63) is 0 Å². The molecule has 2 amide bonds. The van der Waals surface area contributed by atoms with Gasteiger partial charge in [-0.2, -0.15) is 0 Å². The van der Waals surface area contributed by atoms with E-state index in [0.717, 1.165) is 0 Å².